The minimum Gasteiger partial charge on any atom is -0.469 e. The normalized spacial score (nSPS) is 19.4. The third-order valence-electron chi connectivity index (χ3n) is 3.92. The van der Waals surface area contributed by atoms with Crippen molar-refractivity contribution in [2.75, 3.05) is 39.8 Å². The van der Waals surface area contributed by atoms with Crippen LogP contribution in [0.1, 0.15) is 33.6 Å². The summed E-state index contributed by atoms with van der Waals surface area (Å²) in [6.07, 6.45) is 1.97. The molecule has 0 spiro atoms. The van der Waals surface area contributed by atoms with Crippen LogP contribution in [0.5, 0.6) is 0 Å². The predicted molar refractivity (Wildman–Crippen MR) is 78.1 cm³/mol. The highest BCUT2D eigenvalue weighted by atomic mass is 16.5. The van der Waals surface area contributed by atoms with Crippen LogP contribution >= 0.6 is 0 Å². The van der Waals surface area contributed by atoms with Gasteiger partial charge < -0.3 is 4.74 Å². The predicted octanol–water partition coefficient (Wildman–Crippen LogP) is 1.50. The molecule has 0 aliphatic carbocycles. The molecule has 1 aliphatic heterocycles. The zero-order chi connectivity index (χ0) is 15.2. The van der Waals surface area contributed by atoms with E-state index in [1.807, 2.05) is 13.8 Å². The number of rotatable bonds is 6. The molecule has 1 saturated heterocycles. The molecule has 0 radical (unpaired) electrons. The van der Waals surface area contributed by atoms with E-state index in [1.165, 1.54) is 7.11 Å². The molecule has 0 bridgehead atoms. The van der Waals surface area contributed by atoms with Gasteiger partial charge in [0, 0.05) is 32.7 Å². The number of nitrogens with zero attached hydrogens (tertiary/aromatic N) is 3. The van der Waals surface area contributed by atoms with Gasteiger partial charge in [0.15, 0.2) is 0 Å². The molecule has 1 aliphatic rings. The van der Waals surface area contributed by atoms with Gasteiger partial charge in [-0.15, -0.1) is 0 Å². The summed E-state index contributed by atoms with van der Waals surface area (Å²) < 4.78 is 4.85. The fraction of sp³-hybridized carbons (Fsp3) is 0.867. The highest BCUT2D eigenvalue weighted by Crippen LogP contribution is 2.20. The Bertz CT molecular complexity index is 355. The quantitative estimate of drug-likeness (QED) is 0.691. The number of esters is 1. The summed E-state index contributed by atoms with van der Waals surface area (Å²) in [6, 6.07) is 2.43. The number of carbonyl (C=O) groups excluding carboxylic acids is 1. The van der Waals surface area contributed by atoms with Gasteiger partial charge in [-0.05, 0) is 20.3 Å². The van der Waals surface area contributed by atoms with Gasteiger partial charge in [-0.2, -0.15) is 5.26 Å². The largest absolute Gasteiger partial charge is 0.469 e. The van der Waals surface area contributed by atoms with Crippen molar-refractivity contribution in [1.82, 2.24) is 9.80 Å². The van der Waals surface area contributed by atoms with Crippen molar-refractivity contribution >= 4 is 5.97 Å². The Morgan fingerprint density at radius 3 is 2.40 bits per heavy atom. The molecule has 1 atom stereocenters. The maximum atomic E-state index is 11.7. The van der Waals surface area contributed by atoms with Crippen molar-refractivity contribution in [2.24, 2.45) is 5.41 Å². The van der Waals surface area contributed by atoms with Crippen molar-refractivity contribution in [3.8, 4) is 6.07 Å². The SMILES string of the molecule is CCCC(C#N)N1CCN(CC(C)(C)C(=O)OC)CC1. The maximum Gasteiger partial charge on any atom is 0.312 e. The van der Waals surface area contributed by atoms with E-state index in [2.05, 4.69) is 22.8 Å². The minimum atomic E-state index is -0.477. The Morgan fingerprint density at radius 2 is 1.95 bits per heavy atom. The molecular formula is C15H27N3O2. The van der Waals surface area contributed by atoms with Crippen LogP contribution in [0.4, 0.5) is 0 Å². The molecule has 1 heterocycles. The van der Waals surface area contributed by atoms with E-state index in [1.54, 1.807) is 0 Å². The lowest BCUT2D eigenvalue weighted by atomic mass is 9.92. The molecular weight excluding hydrogens is 254 g/mol. The number of carbonyl (C=O) groups is 1. The molecule has 1 unspecified atom stereocenters. The molecule has 114 valence electrons. The van der Waals surface area contributed by atoms with Gasteiger partial charge in [-0.3, -0.25) is 14.6 Å². The second-order valence-electron chi connectivity index (χ2n) is 6.12. The van der Waals surface area contributed by atoms with E-state index in [0.29, 0.717) is 6.54 Å². The summed E-state index contributed by atoms with van der Waals surface area (Å²) >= 11 is 0. The van der Waals surface area contributed by atoms with Crippen LogP contribution in [0.2, 0.25) is 0 Å². The summed E-state index contributed by atoms with van der Waals surface area (Å²) in [7, 11) is 1.43. The summed E-state index contributed by atoms with van der Waals surface area (Å²) in [5.74, 6) is -0.166. The second kappa shape index (κ2) is 7.61. The number of methoxy groups -OCH3 is 1. The number of ether oxygens (including phenoxy) is 1. The molecule has 0 aromatic carbocycles. The lowest BCUT2D eigenvalue weighted by Gasteiger charge is -2.39. The molecule has 1 rings (SSSR count). The highest BCUT2D eigenvalue weighted by molar-refractivity contribution is 5.76. The lowest BCUT2D eigenvalue weighted by molar-refractivity contribution is -0.152. The first-order chi connectivity index (χ1) is 9.44. The first-order valence-corrected chi connectivity index (χ1v) is 7.39. The average Bonchev–Trinajstić information content (AvgIpc) is 2.44. The molecule has 0 amide bonds. The van der Waals surface area contributed by atoms with Gasteiger partial charge in [0.1, 0.15) is 0 Å². The summed E-state index contributed by atoms with van der Waals surface area (Å²) in [4.78, 5) is 16.2. The number of piperazine rings is 1. The standard InChI is InChI=1S/C15H27N3O2/c1-5-6-13(11-16)18-9-7-17(8-10-18)12-15(2,3)14(19)20-4/h13H,5-10,12H2,1-4H3. The molecule has 0 N–H and O–H groups in total. The highest BCUT2D eigenvalue weighted by Gasteiger charge is 2.33. The molecule has 5 nitrogen and oxygen atoms in total. The van der Waals surface area contributed by atoms with Crippen LogP contribution < -0.4 is 0 Å². The van der Waals surface area contributed by atoms with E-state index in [4.69, 9.17) is 4.74 Å². The third kappa shape index (κ3) is 4.46. The number of hydrogen-bond donors (Lipinski definition) is 0. The van der Waals surface area contributed by atoms with Crippen molar-refractivity contribution in [3.05, 3.63) is 0 Å². The van der Waals surface area contributed by atoms with Crippen molar-refractivity contribution in [2.45, 2.75) is 39.7 Å². The van der Waals surface area contributed by atoms with Gasteiger partial charge in [0.05, 0.1) is 24.6 Å². The van der Waals surface area contributed by atoms with Gasteiger partial charge in [0.2, 0.25) is 0 Å². The zero-order valence-corrected chi connectivity index (χ0v) is 13.2. The summed E-state index contributed by atoms with van der Waals surface area (Å²) in [5, 5.41) is 9.20. The van der Waals surface area contributed by atoms with Crippen LogP contribution in [0, 0.1) is 16.7 Å². The number of hydrogen-bond acceptors (Lipinski definition) is 5. The van der Waals surface area contributed by atoms with Crippen LogP contribution in [0.3, 0.4) is 0 Å². The van der Waals surface area contributed by atoms with Crippen molar-refractivity contribution < 1.29 is 9.53 Å². The van der Waals surface area contributed by atoms with E-state index >= 15 is 0 Å². The van der Waals surface area contributed by atoms with E-state index in [9.17, 15) is 10.1 Å². The van der Waals surface area contributed by atoms with Crippen molar-refractivity contribution in [3.63, 3.8) is 0 Å². The molecule has 1 fully saturated rings. The first kappa shape index (κ1) is 16.9. The molecule has 0 aromatic heterocycles. The molecule has 0 saturated carbocycles. The average molecular weight is 281 g/mol. The van der Waals surface area contributed by atoms with Crippen LogP contribution in [0.15, 0.2) is 0 Å². The van der Waals surface area contributed by atoms with Gasteiger partial charge >= 0.3 is 5.97 Å². The van der Waals surface area contributed by atoms with Gasteiger partial charge in [-0.1, -0.05) is 13.3 Å². The monoisotopic (exact) mass is 281 g/mol. The Morgan fingerprint density at radius 1 is 1.35 bits per heavy atom. The summed E-state index contributed by atoms with van der Waals surface area (Å²) in [5.41, 5.74) is -0.477. The van der Waals surface area contributed by atoms with E-state index < -0.39 is 5.41 Å². The van der Waals surface area contributed by atoms with E-state index in [0.717, 1.165) is 39.0 Å². The van der Waals surface area contributed by atoms with Gasteiger partial charge in [-0.25, -0.2) is 0 Å². The molecule has 5 heteroatoms. The third-order valence-corrected chi connectivity index (χ3v) is 3.92. The Hall–Kier alpha value is -1.12. The van der Waals surface area contributed by atoms with Crippen LogP contribution in [-0.4, -0.2) is 61.6 Å². The Labute approximate surface area is 122 Å². The Balaban J connectivity index is 2.46. The van der Waals surface area contributed by atoms with Crippen LogP contribution in [0.25, 0.3) is 0 Å². The fourth-order valence-corrected chi connectivity index (χ4v) is 2.74. The van der Waals surface area contributed by atoms with Crippen molar-refractivity contribution in [1.29, 1.82) is 5.26 Å². The topological polar surface area (TPSA) is 56.6 Å². The molecule has 0 aromatic rings. The van der Waals surface area contributed by atoms with Gasteiger partial charge in [0.25, 0.3) is 0 Å². The first-order valence-electron chi connectivity index (χ1n) is 7.39. The smallest absolute Gasteiger partial charge is 0.312 e. The fourth-order valence-electron chi connectivity index (χ4n) is 2.74. The Kier molecular flexibility index (Phi) is 6.44. The summed E-state index contributed by atoms with van der Waals surface area (Å²) in [6.45, 7) is 10.3. The van der Waals surface area contributed by atoms with E-state index in [-0.39, 0.29) is 12.0 Å². The maximum absolute atomic E-state index is 11.7. The second-order valence-corrected chi connectivity index (χ2v) is 6.12. The van der Waals surface area contributed by atoms with Crippen LogP contribution in [-0.2, 0) is 9.53 Å². The minimum absolute atomic E-state index is 0.0377. The lowest BCUT2D eigenvalue weighted by Crippen LogP contribution is -2.52. The molecule has 20 heavy (non-hydrogen) atoms. The number of nitriles is 1. The zero-order valence-electron chi connectivity index (χ0n) is 13.2.